The van der Waals surface area contributed by atoms with Gasteiger partial charge in [0.25, 0.3) is 5.91 Å². The number of hydrogen-bond acceptors (Lipinski definition) is 3. The first-order valence-electron chi connectivity index (χ1n) is 5.34. The molecule has 1 aromatic carbocycles. The first kappa shape index (κ1) is 13.4. The molecule has 1 aromatic rings. The van der Waals surface area contributed by atoms with Crippen LogP contribution in [0.2, 0.25) is 0 Å². The topological polar surface area (TPSA) is 75.3 Å². The van der Waals surface area contributed by atoms with E-state index < -0.39 is 17.3 Å². The second kappa shape index (κ2) is 5.14. The Morgan fingerprint density at radius 2 is 2.18 bits per heavy atom. The molecule has 0 spiro atoms. The number of nitrogens with one attached hydrogen (secondary N) is 1. The molecule has 0 saturated carbocycles. The average Bonchev–Trinajstić information content (AvgIpc) is 2.15. The number of hydrogen-bond donors (Lipinski definition) is 3. The van der Waals surface area contributed by atoms with Crippen molar-refractivity contribution in [2.75, 3.05) is 12.3 Å². The number of nitrogens with two attached hydrogens (primary N) is 1. The Bertz CT molecular complexity index is 419. The zero-order chi connectivity index (χ0) is 13.1. The molecule has 0 unspecified atom stereocenters. The van der Waals surface area contributed by atoms with E-state index in [9.17, 15) is 9.18 Å². The van der Waals surface area contributed by atoms with Crippen LogP contribution in [-0.2, 0) is 0 Å². The summed E-state index contributed by atoms with van der Waals surface area (Å²) in [4.78, 5) is 11.8. The van der Waals surface area contributed by atoms with Gasteiger partial charge in [-0.05, 0) is 38.5 Å². The number of aliphatic hydroxyl groups excluding tert-OH is 1. The van der Waals surface area contributed by atoms with Gasteiger partial charge in [-0.15, -0.1) is 0 Å². The van der Waals surface area contributed by atoms with Crippen molar-refractivity contribution < 1.29 is 14.3 Å². The van der Waals surface area contributed by atoms with E-state index >= 15 is 0 Å². The van der Waals surface area contributed by atoms with E-state index in [1.807, 2.05) is 0 Å². The van der Waals surface area contributed by atoms with Crippen molar-refractivity contribution in [3.8, 4) is 0 Å². The fourth-order valence-electron chi connectivity index (χ4n) is 1.43. The Kier molecular flexibility index (Phi) is 4.07. The van der Waals surface area contributed by atoms with Crippen molar-refractivity contribution >= 4 is 11.6 Å². The van der Waals surface area contributed by atoms with Gasteiger partial charge in [0.15, 0.2) is 0 Å². The highest BCUT2D eigenvalue weighted by Crippen LogP contribution is 2.14. The van der Waals surface area contributed by atoms with Crippen LogP contribution in [0.4, 0.5) is 10.1 Å². The van der Waals surface area contributed by atoms with E-state index in [1.165, 1.54) is 12.1 Å². The molecular weight excluding hydrogens is 223 g/mol. The number of benzene rings is 1. The van der Waals surface area contributed by atoms with Gasteiger partial charge in [-0.1, -0.05) is 0 Å². The summed E-state index contributed by atoms with van der Waals surface area (Å²) in [6.07, 6.45) is 0.398. The highest BCUT2D eigenvalue weighted by atomic mass is 19.1. The molecule has 0 fully saturated rings. The molecule has 0 heterocycles. The summed E-state index contributed by atoms with van der Waals surface area (Å²) in [7, 11) is 0. The molecule has 0 aliphatic rings. The molecule has 0 bridgehead atoms. The predicted molar refractivity (Wildman–Crippen MR) is 64.1 cm³/mol. The lowest BCUT2D eigenvalue weighted by Crippen LogP contribution is -2.44. The summed E-state index contributed by atoms with van der Waals surface area (Å²) in [6.45, 7) is 3.48. The first-order chi connectivity index (χ1) is 7.85. The van der Waals surface area contributed by atoms with Crippen molar-refractivity contribution in [1.82, 2.24) is 5.32 Å². The number of amides is 1. The molecule has 4 N–H and O–H groups in total. The summed E-state index contributed by atoms with van der Waals surface area (Å²) in [5.74, 6) is -1.16. The quantitative estimate of drug-likeness (QED) is 0.694. The lowest BCUT2D eigenvalue weighted by Gasteiger charge is -2.25. The first-order valence-corrected chi connectivity index (χ1v) is 5.34. The van der Waals surface area contributed by atoms with Crippen LogP contribution in [0.3, 0.4) is 0 Å². The molecule has 17 heavy (non-hydrogen) atoms. The van der Waals surface area contributed by atoms with E-state index in [0.29, 0.717) is 6.42 Å². The molecule has 5 heteroatoms. The normalized spacial score (nSPS) is 11.3. The zero-order valence-electron chi connectivity index (χ0n) is 9.96. The van der Waals surface area contributed by atoms with Crippen molar-refractivity contribution in [1.29, 1.82) is 0 Å². The third-order valence-electron chi connectivity index (χ3n) is 2.43. The van der Waals surface area contributed by atoms with Gasteiger partial charge in [0.2, 0.25) is 0 Å². The molecule has 0 aliphatic heterocycles. The van der Waals surface area contributed by atoms with E-state index in [-0.39, 0.29) is 17.9 Å². The molecule has 0 aromatic heterocycles. The van der Waals surface area contributed by atoms with Gasteiger partial charge in [0, 0.05) is 17.8 Å². The summed E-state index contributed by atoms with van der Waals surface area (Å²) >= 11 is 0. The molecule has 0 atom stereocenters. The number of nitrogen functional groups attached to an aromatic ring is 1. The zero-order valence-corrected chi connectivity index (χ0v) is 9.96. The van der Waals surface area contributed by atoms with Crippen LogP contribution >= 0.6 is 0 Å². The number of carbonyl (C=O) groups excluding carboxylic acids is 1. The van der Waals surface area contributed by atoms with E-state index in [1.54, 1.807) is 13.8 Å². The lowest BCUT2D eigenvalue weighted by atomic mass is 10.0. The van der Waals surface area contributed by atoms with Crippen LogP contribution in [0.5, 0.6) is 0 Å². The Morgan fingerprint density at radius 1 is 1.53 bits per heavy atom. The minimum absolute atomic E-state index is 0.0441. The standard InChI is InChI=1S/C12H17FN2O2/c1-12(2,5-6-16)15-11(17)9-4-3-8(14)7-10(9)13/h3-4,7,16H,5-6,14H2,1-2H3,(H,15,17). The summed E-state index contributed by atoms with van der Waals surface area (Å²) in [5.41, 5.74) is 5.04. The van der Waals surface area contributed by atoms with Crippen LogP contribution in [0.15, 0.2) is 18.2 Å². The highest BCUT2D eigenvalue weighted by Gasteiger charge is 2.22. The maximum Gasteiger partial charge on any atom is 0.254 e. The molecule has 4 nitrogen and oxygen atoms in total. The van der Waals surface area contributed by atoms with Gasteiger partial charge in [0.1, 0.15) is 5.82 Å². The Balaban J connectivity index is 2.83. The maximum absolute atomic E-state index is 13.5. The second-order valence-electron chi connectivity index (χ2n) is 4.55. The Hall–Kier alpha value is -1.62. The maximum atomic E-state index is 13.5. The van der Waals surface area contributed by atoms with Crippen LogP contribution in [0.25, 0.3) is 0 Å². The van der Waals surface area contributed by atoms with Gasteiger partial charge in [-0.2, -0.15) is 0 Å². The van der Waals surface area contributed by atoms with Crippen LogP contribution < -0.4 is 11.1 Å². The minimum Gasteiger partial charge on any atom is -0.399 e. The number of rotatable bonds is 4. The van der Waals surface area contributed by atoms with Gasteiger partial charge in [0.05, 0.1) is 5.56 Å². The van der Waals surface area contributed by atoms with E-state index in [2.05, 4.69) is 5.32 Å². The lowest BCUT2D eigenvalue weighted by molar-refractivity contribution is 0.0895. The smallest absolute Gasteiger partial charge is 0.254 e. The largest absolute Gasteiger partial charge is 0.399 e. The Morgan fingerprint density at radius 3 is 2.71 bits per heavy atom. The van der Waals surface area contributed by atoms with E-state index in [0.717, 1.165) is 6.07 Å². The minimum atomic E-state index is -0.651. The van der Waals surface area contributed by atoms with Gasteiger partial charge >= 0.3 is 0 Å². The SMILES string of the molecule is CC(C)(CCO)NC(=O)c1ccc(N)cc1F. The third kappa shape index (κ3) is 3.71. The molecular formula is C12H17FN2O2. The molecule has 0 aliphatic carbocycles. The molecule has 94 valence electrons. The predicted octanol–water partition coefficient (Wildman–Crippen LogP) is 1.30. The third-order valence-corrected chi connectivity index (χ3v) is 2.43. The summed E-state index contributed by atoms with van der Waals surface area (Å²) in [6, 6.07) is 3.92. The monoisotopic (exact) mass is 240 g/mol. The van der Waals surface area contributed by atoms with Crippen LogP contribution in [-0.4, -0.2) is 23.2 Å². The van der Waals surface area contributed by atoms with Crippen molar-refractivity contribution in [3.63, 3.8) is 0 Å². The second-order valence-corrected chi connectivity index (χ2v) is 4.55. The van der Waals surface area contributed by atoms with Crippen molar-refractivity contribution in [2.45, 2.75) is 25.8 Å². The fourth-order valence-corrected chi connectivity index (χ4v) is 1.43. The summed E-state index contributed by atoms with van der Waals surface area (Å²) in [5, 5.41) is 11.5. The van der Waals surface area contributed by atoms with Gasteiger partial charge in [-0.25, -0.2) is 4.39 Å². The van der Waals surface area contributed by atoms with Crippen molar-refractivity contribution in [3.05, 3.63) is 29.6 Å². The number of aliphatic hydroxyl groups is 1. The molecule has 1 rings (SSSR count). The number of carbonyl (C=O) groups is 1. The molecule has 0 saturated heterocycles. The van der Waals surface area contributed by atoms with Gasteiger partial charge < -0.3 is 16.2 Å². The van der Waals surface area contributed by atoms with Gasteiger partial charge in [-0.3, -0.25) is 4.79 Å². The summed E-state index contributed by atoms with van der Waals surface area (Å²) < 4.78 is 13.5. The van der Waals surface area contributed by atoms with Crippen LogP contribution in [0.1, 0.15) is 30.6 Å². The highest BCUT2D eigenvalue weighted by molar-refractivity contribution is 5.95. The number of anilines is 1. The number of halogens is 1. The Labute approximate surface area is 99.6 Å². The average molecular weight is 240 g/mol. The molecule has 1 amide bonds. The molecule has 0 radical (unpaired) electrons. The fraction of sp³-hybridized carbons (Fsp3) is 0.417. The van der Waals surface area contributed by atoms with Crippen LogP contribution in [0, 0.1) is 5.82 Å². The van der Waals surface area contributed by atoms with E-state index in [4.69, 9.17) is 10.8 Å². The van der Waals surface area contributed by atoms with Crippen molar-refractivity contribution in [2.24, 2.45) is 0 Å².